The van der Waals surface area contributed by atoms with Gasteiger partial charge in [-0.1, -0.05) is 31.5 Å². The fourth-order valence-corrected chi connectivity index (χ4v) is 3.02. The molecule has 1 fully saturated rings. The molecule has 1 aromatic rings. The molecular formula is C18H31IN4. The van der Waals surface area contributed by atoms with Crippen LogP contribution in [0.3, 0.4) is 0 Å². The number of aryl methyl sites for hydroxylation is 1. The van der Waals surface area contributed by atoms with Crippen LogP contribution >= 0.6 is 24.0 Å². The van der Waals surface area contributed by atoms with E-state index in [2.05, 4.69) is 48.1 Å². The van der Waals surface area contributed by atoms with Crippen LogP contribution in [-0.2, 0) is 0 Å². The Labute approximate surface area is 157 Å². The first kappa shape index (κ1) is 20.2. The molecule has 3 N–H and O–H groups in total. The maximum Gasteiger partial charge on any atom is 0.193 e. The summed E-state index contributed by atoms with van der Waals surface area (Å²) < 4.78 is 0. The summed E-state index contributed by atoms with van der Waals surface area (Å²) in [5, 5.41) is 3.18. The normalized spacial score (nSPS) is 17.1. The smallest absolute Gasteiger partial charge is 0.193 e. The number of anilines is 1. The van der Waals surface area contributed by atoms with Gasteiger partial charge in [0.15, 0.2) is 5.96 Å². The second-order valence-electron chi connectivity index (χ2n) is 6.74. The van der Waals surface area contributed by atoms with Crippen molar-refractivity contribution in [2.75, 3.05) is 25.0 Å². The van der Waals surface area contributed by atoms with Gasteiger partial charge in [-0.25, -0.2) is 0 Å². The van der Waals surface area contributed by atoms with E-state index in [0.29, 0.717) is 17.9 Å². The Hall–Kier alpha value is -0.820. The van der Waals surface area contributed by atoms with E-state index in [1.165, 1.54) is 37.9 Å². The van der Waals surface area contributed by atoms with Crippen LogP contribution in [0.5, 0.6) is 0 Å². The molecule has 1 saturated heterocycles. The van der Waals surface area contributed by atoms with Gasteiger partial charge in [-0.15, -0.1) is 24.0 Å². The van der Waals surface area contributed by atoms with E-state index in [4.69, 9.17) is 5.73 Å². The minimum atomic E-state index is 0. The lowest BCUT2D eigenvalue weighted by Gasteiger charge is -2.27. The highest BCUT2D eigenvalue weighted by atomic mass is 127. The first-order valence-electron chi connectivity index (χ1n) is 8.42. The van der Waals surface area contributed by atoms with Crippen molar-refractivity contribution in [1.82, 2.24) is 4.90 Å². The van der Waals surface area contributed by atoms with Gasteiger partial charge in [0.1, 0.15) is 0 Å². The number of nitrogens with one attached hydrogen (secondary N) is 1. The maximum absolute atomic E-state index is 6.04. The highest BCUT2D eigenvalue weighted by Gasteiger charge is 2.22. The monoisotopic (exact) mass is 430 g/mol. The zero-order valence-corrected chi connectivity index (χ0v) is 16.9. The first-order valence-corrected chi connectivity index (χ1v) is 8.42. The van der Waals surface area contributed by atoms with E-state index < -0.39 is 0 Å². The number of likely N-dealkylation sites (tertiary alicyclic amines) is 1. The SMILES string of the molecule is Cc1ccc(NC(N)=NCC(CC(C)C)N2CCCC2)cc1.I. The molecule has 4 nitrogen and oxygen atoms in total. The highest BCUT2D eigenvalue weighted by Crippen LogP contribution is 2.18. The lowest BCUT2D eigenvalue weighted by Crippen LogP contribution is -2.37. The fraction of sp³-hybridized carbons (Fsp3) is 0.611. The van der Waals surface area contributed by atoms with Crippen molar-refractivity contribution < 1.29 is 0 Å². The van der Waals surface area contributed by atoms with Gasteiger partial charge < -0.3 is 11.1 Å². The zero-order valence-electron chi connectivity index (χ0n) is 14.6. The van der Waals surface area contributed by atoms with Gasteiger partial charge in [0.05, 0.1) is 6.54 Å². The number of rotatable bonds is 6. The summed E-state index contributed by atoms with van der Waals surface area (Å²) in [5.41, 5.74) is 8.28. The number of hydrogen-bond acceptors (Lipinski definition) is 2. The van der Waals surface area contributed by atoms with Gasteiger partial charge in [0.2, 0.25) is 0 Å². The third kappa shape index (κ3) is 7.08. The molecule has 5 heteroatoms. The molecule has 0 aromatic heterocycles. The predicted molar refractivity (Wildman–Crippen MR) is 111 cm³/mol. The quantitative estimate of drug-likeness (QED) is 0.410. The predicted octanol–water partition coefficient (Wildman–Crippen LogP) is 3.85. The van der Waals surface area contributed by atoms with Crippen LogP contribution in [0.25, 0.3) is 0 Å². The summed E-state index contributed by atoms with van der Waals surface area (Å²) in [6.45, 7) is 9.83. The van der Waals surface area contributed by atoms with Crippen molar-refractivity contribution in [3.05, 3.63) is 29.8 Å². The Kier molecular flexibility index (Phi) is 8.91. The molecule has 0 spiro atoms. The van der Waals surface area contributed by atoms with Crippen molar-refractivity contribution in [2.45, 2.75) is 46.1 Å². The molecule has 1 aliphatic heterocycles. The molecule has 0 amide bonds. The molecule has 0 bridgehead atoms. The second kappa shape index (κ2) is 10.1. The van der Waals surface area contributed by atoms with Gasteiger partial charge in [-0.3, -0.25) is 9.89 Å². The summed E-state index contributed by atoms with van der Waals surface area (Å²) >= 11 is 0. The van der Waals surface area contributed by atoms with E-state index >= 15 is 0 Å². The third-order valence-corrected chi connectivity index (χ3v) is 4.20. The summed E-state index contributed by atoms with van der Waals surface area (Å²) in [6, 6.07) is 8.72. The summed E-state index contributed by atoms with van der Waals surface area (Å²) in [6.07, 6.45) is 3.81. The first-order chi connectivity index (χ1) is 10.5. The van der Waals surface area contributed by atoms with Crippen molar-refractivity contribution >= 4 is 35.6 Å². The van der Waals surface area contributed by atoms with Crippen LogP contribution in [0.1, 0.15) is 38.7 Å². The van der Waals surface area contributed by atoms with E-state index in [9.17, 15) is 0 Å². The van der Waals surface area contributed by atoms with Crippen LogP contribution in [0.4, 0.5) is 5.69 Å². The second-order valence-corrected chi connectivity index (χ2v) is 6.74. The van der Waals surface area contributed by atoms with Crippen LogP contribution in [-0.4, -0.2) is 36.5 Å². The molecule has 0 saturated carbocycles. The molecule has 130 valence electrons. The summed E-state index contributed by atoms with van der Waals surface area (Å²) in [7, 11) is 0. The molecule has 0 radical (unpaired) electrons. The topological polar surface area (TPSA) is 53.6 Å². The van der Waals surface area contributed by atoms with E-state index in [1.807, 2.05) is 12.1 Å². The number of nitrogens with zero attached hydrogens (tertiary/aromatic N) is 2. The molecule has 1 atom stereocenters. The molecule has 1 aliphatic rings. The minimum Gasteiger partial charge on any atom is -0.370 e. The average Bonchev–Trinajstić information content (AvgIpc) is 2.99. The number of aliphatic imine (C=N–C) groups is 1. The number of benzene rings is 1. The van der Waals surface area contributed by atoms with Crippen LogP contribution in [0.15, 0.2) is 29.3 Å². The number of guanidine groups is 1. The molecule has 2 rings (SSSR count). The summed E-state index contributed by atoms with van der Waals surface area (Å²) in [5.74, 6) is 1.20. The number of nitrogens with two attached hydrogens (primary N) is 1. The van der Waals surface area contributed by atoms with Crippen molar-refractivity contribution in [2.24, 2.45) is 16.6 Å². The Bertz CT molecular complexity index is 478. The van der Waals surface area contributed by atoms with Crippen molar-refractivity contribution in [3.8, 4) is 0 Å². The molecule has 1 aromatic carbocycles. The van der Waals surface area contributed by atoms with Gasteiger partial charge in [0, 0.05) is 11.7 Å². The summed E-state index contributed by atoms with van der Waals surface area (Å²) in [4.78, 5) is 7.15. The van der Waals surface area contributed by atoms with Crippen molar-refractivity contribution in [3.63, 3.8) is 0 Å². The maximum atomic E-state index is 6.04. The van der Waals surface area contributed by atoms with Crippen molar-refractivity contribution in [1.29, 1.82) is 0 Å². The molecule has 23 heavy (non-hydrogen) atoms. The highest BCUT2D eigenvalue weighted by molar-refractivity contribution is 14.0. The number of hydrogen-bond donors (Lipinski definition) is 2. The lowest BCUT2D eigenvalue weighted by molar-refractivity contribution is 0.218. The third-order valence-electron chi connectivity index (χ3n) is 4.20. The molecule has 0 aliphatic carbocycles. The van der Waals surface area contributed by atoms with Crippen LogP contribution in [0.2, 0.25) is 0 Å². The van der Waals surface area contributed by atoms with Gasteiger partial charge in [0.25, 0.3) is 0 Å². The molecule has 1 heterocycles. The lowest BCUT2D eigenvalue weighted by atomic mass is 10.0. The fourth-order valence-electron chi connectivity index (χ4n) is 3.02. The van der Waals surface area contributed by atoms with Crippen LogP contribution < -0.4 is 11.1 Å². The standard InChI is InChI=1S/C18H30N4.HI/c1-14(2)12-17(22-10-4-5-11-22)13-20-18(19)21-16-8-6-15(3)7-9-16;/h6-9,14,17H,4-5,10-13H2,1-3H3,(H3,19,20,21);1H. The average molecular weight is 430 g/mol. The zero-order chi connectivity index (χ0) is 15.9. The Morgan fingerprint density at radius 3 is 2.39 bits per heavy atom. The molecule has 1 unspecified atom stereocenters. The van der Waals surface area contributed by atoms with E-state index in [-0.39, 0.29) is 24.0 Å². The van der Waals surface area contributed by atoms with Gasteiger partial charge >= 0.3 is 0 Å². The van der Waals surface area contributed by atoms with Gasteiger partial charge in [-0.2, -0.15) is 0 Å². The van der Waals surface area contributed by atoms with Gasteiger partial charge in [-0.05, 0) is 57.3 Å². The van der Waals surface area contributed by atoms with Crippen LogP contribution in [0, 0.1) is 12.8 Å². The largest absolute Gasteiger partial charge is 0.370 e. The van der Waals surface area contributed by atoms with E-state index in [0.717, 1.165) is 12.2 Å². The minimum absolute atomic E-state index is 0. The Balaban J connectivity index is 0.00000264. The van der Waals surface area contributed by atoms with E-state index in [1.54, 1.807) is 0 Å². The molecular weight excluding hydrogens is 399 g/mol. The Morgan fingerprint density at radius 1 is 1.22 bits per heavy atom. The Morgan fingerprint density at radius 2 is 1.83 bits per heavy atom. The number of halogens is 1.